The van der Waals surface area contributed by atoms with Gasteiger partial charge in [-0.25, -0.2) is 4.98 Å². The largest absolute Gasteiger partial charge is 0.376 e. The molecule has 4 heterocycles. The third-order valence-electron chi connectivity index (χ3n) is 5.74. The van der Waals surface area contributed by atoms with Crippen LogP contribution in [0.2, 0.25) is 0 Å². The summed E-state index contributed by atoms with van der Waals surface area (Å²) in [5.74, 6) is 0.881. The Hall–Kier alpha value is -1.70. The molecule has 3 aliphatic rings. The SMILES string of the molecule is C[C@H]1CN(c2cc(C(=O)N(C[C@@H]3CCCO3)C[C@@H]3CCCO3)ccn2)CCO1. The van der Waals surface area contributed by atoms with Gasteiger partial charge in [-0.2, -0.15) is 0 Å². The summed E-state index contributed by atoms with van der Waals surface area (Å²) in [4.78, 5) is 22.0. The quantitative estimate of drug-likeness (QED) is 0.743. The van der Waals surface area contributed by atoms with Gasteiger partial charge in [0, 0.05) is 51.2 Å². The molecule has 154 valence electrons. The van der Waals surface area contributed by atoms with Gasteiger partial charge in [-0.05, 0) is 44.7 Å². The summed E-state index contributed by atoms with van der Waals surface area (Å²) >= 11 is 0. The average molecular weight is 389 g/mol. The van der Waals surface area contributed by atoms with Crippen molar-refractivity contribution in [3.8, 4) is 0 Å². The molecule has 3 atom stereocenters. The zero-order chi connectivity index (χ0) is 19.3. The first-order chi connectivity index (χ1) is 13.7. The molecule has 0 N–H and O–H groups in total. The molecule has 1 aromatic rings. The van der Waals surface area contributed by atoms with E-state index in [0.717, 1.165) is 57.8 Å². The van der Waals surface area contributed by atoms with Crippen LogP contribution in [0.1, 0.15) is 43.0 Å². The molecule has 28 heavy (non-hydrogen) atoms. The number of hydrogen-bond donors (Lipinski definition) is 0. The molecule has 3 saturated heterocycles. The molecule has 0 bridgehead atoms. The lowest BCUT2D eigenvalue weighted by molar-refractivity contribution is 0.0307. The van der Waals surface area contributed by atoms with Crippen LogP contribution in [0.5, 0.6) is 0 Å². The lowest BCUT2D eigenvalue weighted by atomic mass is 10.1. The molecule has 0 aromatic carbocycles. The predicted molar refractivity (Wildman–Crippen MR) is 106 cm³/mol. The van der Waals surface area contributed by atoms with Crippen molar-refractivity contribution >= 4 is 11.7 Å². The number of ether oxygens (including phenoxy) is 3. The zero-order valence-corrected chi connectivity index (χ0v) is 16.7. The van der Waals surface area contributed by atoms with Gasteiger partial charge >= 0.3 is 0 Å². The van der Waals surface area contributed by atoms with E-state index in [2.05, 4.69) is 16.8 Å². The highest BCUT2D eigenvalue weighted by atomic mass is 16.5. The maximum Gasteiger partial charge on any atom is 0.254 e. The Morgan fingerprint density at radius 3 is 2.46 bits per heavy atom. The van der Waals surface area contributed by atoms with E-state index in [1.807, 2.05) is 17.0 Å². The molecule has 0 unspecified atom stereocenters. The second-order valence-corrected chi connectivity index (χ2v) is 8.01. The van der Waals surface area contributed by atoms with Crippen molar-refractivity contribution in [1.29, 1.82) is 0 Å². The maximum absolute atomic E-state index is 13.4. The minimum Gasteiger partial charge on any atom is -0.376 e. The van der Waals surface area contributed by atoms with E-state index in [-0.39, 0.29) is 24.2 Å². The first kappa shape index (κ1) is 19.6. The monoisotopic (exact) mass is 389 g/mol. The van der Waals surface area contributed by atoms with E-state index in [1.165, 1.54) is 0 Å². The Morgan fingerprint density at radius 2 is 1.86 bits per heavy atom. The van der Waals surface area contributed by atoms with Crippen molar-refractivity contribution in [2.75, 3.05) is 50.9 Å². The van der Waals surface area contributed by atoms with E-state index < -0.39 is 0 Å². The van der Waals surface area contributed by atoms with Crippen molar-refractivity contribution in [3.63, 3.8) is 0 Å². The molecule has 0 saturated carbocycles. The van der Waals surface area contributed by atoms with Crippen LogP contribution in [0.25, 0.3) is 0 Å². The number of aromatic nitrogens is 1. The van der Waals surface area contributed by atoms with Crippen LogP contribution in [0.15, 0.2) is 18.3 Å². The Balaban J connectivity index is 1.49. The summed E-state index contributed by atoms with van der Waals surface area (Å²) in [6.45, 7) is 7.18. The number of anilines is 1. The number of carbonyl (C=O) groups is 1. The molecule has 7 nitrogen and oxygen atoms in total. The Kier molecular flexibility index (Phi) is 6.44. The second-order valence-electron chi connectivity index (χ2n) is 8.01. The van der Waals surface area contributed by atoms with Crippen molar-refractivity contribution in [1.82, 2.24) is 9.88 Å². The van der Waals surface area contributed by atoms with Gasteiger partial charge in [0.05, 0.1) is 24.9 Å². The maximum atomic E-state index is 13.4. The lowest BCUT2D eigenvalue weighted by Crippen LogP contribution is -2.43. The van der Waals surface area contributed by atoms with Gasteiger partial charge in [0.25, 0.3) is 5.91 Å². The standard InChI is InChI=1S/C21H31N3O4/c1-16-13-23(8-11-26-16)20-12-17(6-7-22-20)21(25)24(14-18-4-2-9-27-18)15-19-5-3-10-28-19/h6-7,12,16,18-19H,2-5,8-11,13-15H2,1H3/t16-,18-,19-/m0/s1. The molecule has 3 aliphatic heterocycles. The van der Waals surface area contributed by atoms with Gasteiger partial charge in [-0.1, -0.05) is 0 Å². The molecule has 1 amide bonds. The molecule has 0 radical (unpaired) electrons. The molecule has 0 spiro atoms. The molecular weight excluding hydrogens is 358 g/mol. The topological polar surface area (TPSA) is 64.1 Å². The highest BCUT2D eigenvalue weighted by molar-refractivity contribution is 5.95. The molecule has 1 aromatic heterocycles. The van der Waals surface area contributed by atoms with Crippen molar-refractivity contribution in [3.05, 3.63) is 23.9 Å². The minimum atomic E-state index is 0.0379. The van der Waals surface area contributed by atoms with Gasteiger partial charge < -0.3 is 24.0 Å². The number of rotatable bonds is 6. The van der Waals surface area contributed by atoms with Gasteiger partial charge in [0.1, 0.15) is 5.82 Å². The van der Waals surface area contributed by atoms with E-state index in [1.54, 1.807) is 6.20 Å². The first-order valence-electron chi connectivity index (χ1n) is 10.5. The van der Waals surface area contributed by atoms with Crippen molar-refractivity contribution < 1.29 is 19.0 Å². The fraction of sp³-hybridized carbons (Fsp3) is 0.714. The van der Waals surface area contributed by atoms with Crippen LogP contribution in [-0.4, -0.2) is 80.1 Å². The van der Waals surface area contributed by atoms with E-state index in [9.17, 15) is 4.79 Å². The van der Waals surface area contributed by atoms with Crippen LogP contribution in [0.4, 0.5) is 5.82 Å². The normalized spacial score (nSPS) is 27.9. The van der Waals surface area contributed by atoms with Crippen LogP contribution < -0.4 is 4.90 Å². The highest BCUT2D eigenvalue weighted by Gasteiger charge is 2.28. The van der Waals surface area contributed by atoms with Crippen LogP contribution >= 0.6 is 0 Å². The molecular formula is C21H31N3O4. The van der Waals surface area contributed by atoms with Crippen molar-refractivity contribution in [2.24, 2.45) is 0 Å². The first-order valence-corrected chi connectivity index (χ1v) is 10.5. The summed E-state index contributed by atoms with van der Waals surface area (Å²) in [5, 5.41) is 0. The number of pyridine rings is 1. The summed E-state index contributed by atoms with van der Waals surface area (Å²) in [6, 6.07) is 3.73. The predicted octanol–water partition coefficient (Wildman–Crippen LogP) is 2.11. The second kappa shape index (κ2) is 9.20. The van der Waals surface area contributed by atoms with Gasteiger partial charge in [0.15, 0.2) is 0 Å². The van der Waals surface area contributed by atoms with Crippen molar-refractivity contribution in [2.45, 2.75) is 50.9 Å². The number of morpholine rings is 1. The fourth-order valence-corrected chi connectivity index (χ4v) is 4.24. The molecule has 7 heteroatoms. The van der Waals surface area contributed by atoms with Gasteiger partial charge in [-0.15, -0.1) is 0 Å². The van der Waals surface area contributed by atoms with Gasteiger partial charge in [0.2, 0.25) is 0 Å². The average Bonchev–Trinajstić information content (AvgIpc) is 3.41. The number of carbonyl (C=O) groups excluding carboxylic acids is 1. The summed E-state index contributed by atoms with van der Waals surface area (Å²) in [6.07, 6.45) is 6.34. The number of nitrogens with zero attached hydrogens (tertiary/aromatic N) is 3. The summed E-state index contributed by atoms with van der Waals surface area (Å²) in [7, 11) is 0. The Labute approximate surface area is 166 Å². The van der Waals surface area contributed by atoms with E-state index in [4.69, 9.17) is 14.2 Å². The van der Waals surface area contributed by atoms with Crippen LogP contribution in [0.3, 0.4) is 0 Å². The zero-order valence-electron chi connectivity index (χ0n) is 16.7. The smallest absolute Gasteiger partial charge is 0.254 e. The van der Waals surface area contributed by atoms with E-state index in [0.29, 0.717) is 25.3 Å². The summed E-state index contributed by atoms with van der Waals surface area (Å²) < 4.78 is 17.2. The van der Waals surface area contributed by atoms with Crippen LogP contribution in [-0.2, 0) is 14.2 Å². The molecule has 4 rings (SSSR count). The van der Waals surface area contributed by atoms with Gasteiger partial charge in [-0.3, -0.25) is 4.79 Å². The third-order valence-corrected chi connectivity index (χ3v) is 5.74. The third kappa shape index (κ3) is 4.82. The molecule has 3 fully saturated rings. The highest BCUT2D eigenvalue weighted by Crippen LogP contribution is 2.21. The number of amides is 1. The Morgan fingerprint density at radius 1 is 1.14 bits per heavy atom. The minimum absolute atomic E-state index is 0.0379. The fourth-order valence-electron chi connectivity index (χ4n) is 4.24. The molecule has 0 aliphatic carbocycles. The Bertz CT molecular complexity index is 641. The number of hydrogen-bond acceptors (Lipinski definition) is 6. The van der Waals surface area contributed by atoms with Crippen LogP contribution in [0, 0.1) is 0 Å². The lowest BCUT2D eigenvalue weighted by Gasteiger charge is -2.32. The summed E-state index contributed by atoms with van der Waals surface area (Å²) in [5.41, 5.74) is 0.681. The van der Waals surface area contributed by atoms with E-state index >= 15 is 0 Å².